The number of nitrogens with two attached hydrogens (primary N) is 3. The number of nitrogens with one attached hydrogen (secondary N) is 3. The minimum Gasteiger partial charge on any atom is -0.372 e. The molecule has 3 aliphatic rings. The van der Waals surface area contributed by atoms with E-state index in [9.17, 15) is 28.8 Å². The van der Waals surface area contributed by atoms with Crippen molar-refractivity contribution in [3.63, 3.8) is 0 Å². The molecule has 1 aromatic carbocycles. The number of allylic oxidation sites excluding steroid dienone is 2. The summed E-state index contributed by atoms with van der Waals surface area (Å²) >= 11 is 1.17. The molecule has 6 rings (SSSR count). The maximum absolute atomic E-state index is 15.3. The molecule has 395 valence electrons. The van der Waals surface area contributed by atoms with Crippen molar-refractivity contribution in [2.24, 2.45) is 17.2 Å². The van der Waals surface area contributed by atoms with Gasteiger partial charge in [-0.3, -0.25) is 38.5 Å². The van der Waals surface area contributed by atoms with Crippen LogP contribution in [0.2, 0.25) is 3.98 Å². The van der Waals surface area contributed by atoms with Gasteiger partial charge in [-0.2, -0.15) is 0 Å². The molecule has 7 amide bonds. The Morgan fingerprint density at radius 3 is 2.27 bits per heavy atom. The molecule has 22 heteroatoms. The Kier molecular flexibility index (Phi) is 24.2. The smallest absolute Gasteiger partial charge is 0.372 e. The topological polar surface area (TPSA) is 293 Å². The van der Waals surface area contributed by atoms with Crippen LogP contribution in [0.25, 0.3) is 22.3 Å². The molecular formula is C51H70FN10O10Pb. The van der Waals surface area contributed by atoms with E-state index in [2.05, 4.69) is 47.5 Å². The fourth-order valence-corrected chi connectivity index (χ4v) is 9.61. The van der Waals surface area contributed by atoms with Gasteiger partial charge >= 0.3 is 132 Å². The number of ether oxygens (including phenoxy) is 2. The van der Waals surface area contributed by atoms with Crippen molar-refractivity contribution in [3.05, 3.63) is 98.8 Å². The van der Waals surface area contributed by atoms with Crippen LogP contribution in [0.3, 0.4) is 0 Å². The van der Waals surface area contributed by atoms with E-state index in [-0.39, 0.29) is 74.9 Å². The van der Waals surface area contributed by atoms with Crippen LogP contribution in [0.1, 0.15) is 105 Å². The Hall–Kier alpha value is -6.18. The van der Waals surface area contributed by atoms with Crippen molar-refractivity contribution in [2.45, 2.75) is 114 Å². The molecule has 3 atom stereocenters. The van der Waals surface area contributed by atoms with Crippen LogP contribution in [0, 0.1) is 12.7 Å². The molecule has 0 spiro atoms. The average Bonchev–Trinajstić information content (AvgIpc) is 3.89. The van der Waals surface area contributed by atoms with Gasteiger partial charge in [-0.15, -0.1) is 6.58 Å². The van der Waals surface area contributed by atoms with Crippen molar-refractivity contribution < 1.29 is 47.4 Å². The number of pyridine rings is 2. The number of fused-ring (bicyclic) bond motifs is 4. The standard InChI is InChI=1S/C37H46FN4O4.C12H18N4O4.2CH3NO.Pb/c1-10-13-21(4)39-20-46-37(6,7)36(44)41(8)30-15-14-24-22(5)28(38)17-29-32(24)33(30)26-18-42-31(34(26)40-29)16-25(23(11-2)12-3)27(19-45-9)35(42)43;1-2-14-7-8(12(20)15-6-5-9(13)17)16-10(18)3-4-11(16)19;2*2-1-3;/h11,16-17,23,30,39H,1-2,4,10,12-15,18-20H2,3,5-9H3;3-4,8,14H,2,5-7H2,1H3,(H2,13,17)(H,15,20);2*1H,(H2,2,3);. The number of aromatic nitrogens is 2. The van der Waals surface area contributed by atoms with Gasteiger partial charge in [0.05, 0.1) is 30.1 Å². The summed E-state index contributed by atoms with van der Waals surface area (Å²) < 4.78 is 29.9. The summed E-state index contributed by atoms with van der Waals surface area (Å²) in [5, 5.41) is 9.49. The molecule has 73 heavy (non-hydrogen) atoms. The van der Waals surface area contributed by atoms with Gasteiger partial charge in [-0.1, -0.05) is 19.9 Å². The molecule has 2 aliphatic heterocycles. The Labute approximate surface area is 441 Å². The average molecular weight is 1210 g/mol. The molecule has 3 aromatic rings. The van der Waals surface area contributed by atoms with E-state index in [4.69, 9.17) is 29.8 Å². The summed E-state index contributed by atoms with van der Waals surface area (Å²) in [4.78, 5) is 99.0. The summed E-state index contributed by atoms with van der Waals surface area (Å²) in [5.41, 5.74) is 19.7. The van der Waals surface area contributed by atoms with Gasteiger partial charge in [0.25, 0.3) is 17.4 Å². The zero-order valence-electron chi connectivity index (χ0n) is 42.9. The van der Waals surface area contributed by atoms with Gasteiger partial charge in [0, 0.05) is 67.3 Å². The zero-order valence-corrected chi connectivity index (χ0v) is 46.7. The fourth-order valence-electron chi connectivity index (χ4n) is 8.92. The van der Waals surface area contributed by atoms with Crippen molar-refractivity contribution in [2.75, 3.05) is 40.5 Å². The minimum atomic E-state index is -1.11. The van der Waals surface area contributed by atoms with Gasteiger partial charge in [0.15, 0.2) is 0 Å². The van der Waals surface area contributed by atoms with E-state index in [1.807, 2.05) is 26.1 Å². The number of likely N-dealkylation sites (N-methyl/N-ethyl adjacent to an activating group) is 2. The fraction of sp³-hybridized carbons (Fsp3) is 0.471. The predicted octanol–water partition coefficient (Wildman–Crippen LogP) is 2.45. The summed E-state index contributed by atoms with van der Waals surface area (Å²) in [6.07, 6.45) is 8.58. The molecule has 20 nitrogen and oxygen atoms in total. The van der Waals surface area contributed by atoms with Gasteiger partial charge in [0.1, 0.15) is 11.9 Å². The Bertz CT molecular complexity index is 2610. The van der Waals surface area contributed by atoms with Crippen molar-refractivity contribution in [1.82, 2.24) is 35.3 Å². The first-order chi connectivity index (χ1) is 34.7. The van der Waals surface area contributed by atoms with Crippen LogP contribution in [0.5, 0.6) is 0 Å². The van der Waals surface area contributed by atoms with Gasteiger partial charge in [-0.25, -0.2) is 9.37 Å². The normalized spacial score (nSPS) is 14.7. The number of imide groups is 1. The second kappa shape index (κ2) is 28.9. The van der Waals surface area contributed by atoms with Crippen LogP contribution in [0.15, 0.2) is 54.0 Å². The molecule has 3 radical (unpaired) electrons. The number of halogens is 1. The van der Waals surface area contributed by atoms with Crippen LogP contribution < -0.4 is 38.7 Å². The summed E-state index contributed by atoms with van der Waals surface area (Å²) in [5.74, 6) is -2.59. The third-order valence-corrected chi connectivity index (χ3v) is 14.0. The number of hydrogen-bond acceptors (Lipinski definition) is 13. The molecule has 0 bridgehead atoms. The molecule has 9 N–H and O–H groups in total. The molecule has 0 fully saturated rings. The predicted molar refractivity (Wildman–Crippen MR) is 276 cm³/mol. The summed E-state index contributed by atoms with van der Waals surface area (Å²) in [6, 6.07) is 2.26. The van der Waals surface area contributed by atoms with E-state index >= 15 is 4.39 Å². The Balaban J connectivity index is 0.000000449. The van der Waals surface area contributed by atoms with E-state index in [1.54, 1.807) is 37.3 Å². The number of nitrogens with zero attached hydrogens (tertiary/aromatic N) is 4. The number of benzene rings is 1. The van der Waals surface area contributed by atoms with E-state index in [0.717, 1.165) is 69.7 Å². The number of carbonyl (C=O) groups is 7. The van der Waals surface area contributed by atoms with Crippen LogP contribution >= 0.6 is 0 Å². The molecule has 3 unspecified atom stereocenters. The number of methoxy groups -OCH3 is 1. The van der Waals surface area contributed by atoms with E-state index in [1.165, 1.54) is 35.8 Å². The third-order valence-electron chi connectivity index (χ3n) is 12.6. The minimum absolute atomic E-state index is 0.000189. The monoisotopic (exact) mass is 1210 g/mol. The first-order valence-electron chi connectivity index (χ1n) is 23.8. The van der Waals surface area contributed by atoms with Crippen molar-refractivity contribution >= 4 is 79.0 Å². The third kappa shape index (κ3) is 15.0. The zero-order chi connectivity index (χ0) is 54.7. The second-order valence-electron chi connectivity index (χ2n) is 17.6. The van der Waals surface area contributed by atoms with Crippen LogP contribution in [-0.2, 0) is 62.6 Å². The molecule has 4 heterocycles. The number of aryl methyl sites for hydroxylation is 1. The Morgan fingerprint density at radius 1 is 1.07 bits per heavy atom. The quantitative estimate of drug-likeness (QED) is 0.0217. The van der Waals surface area contributed by atoms with Crippen LogP contribution in [-0.4, -0.2) is 140 Å². The number of amides is 7. The molecular weight excluding hydrogens is 1140 g/mol. The summed E-state index contributed by atoms with van der Waals surface area (Å²) in [7, 11) is 3.40. The van der Waals surface area contributed by atoms with Gasteiger partial charge in [0.2, 0.25) is 24.6 Å². The first kappa shape index (κ1) is 61.1. The maximum atomic E-state index is 15.3. The SMILES string of the molecule is C=CC(CC)c1cc2n(c(=O)c1COC)Cc1c-2nc2cc(F)c(C)c3c2c1C(N(C)C(=O)C(C)(C)OCNC(=C)CC[CH2][Pb])CC3.CCNCC(C(=O)NCCC(N)=O)N1C(=O)C=CC1=O.NC=O.NC=O. The number of primary amides is 3. The van der Waals surface area contributed by atoms with E-state index < -0.39 is 35.3 Å². The van der Waals surface area contributed by atoms with Crippen molar-refractivity contribution in [1.29, 1.82) is 0 Å². The molecule has 0 saturated carbocycles. The Morgan fingerprint density at radius 2 is 1.71 bits per heavy atom. The summed E-state index contributed by atoms with van der Waals surface area (Å²) in [6.45, 7) is 18.9. The van der Waals surface area contributed by atoms with Gasteiger partial charge < -0.3 is 37.1 Å². The number of carbonyl (C=O) groups excluding carboxylic acids is 7. The van der Waals surface area contributed by atoms with Crippen molar-refractivity contribution in [3.8, 4) is 11.4 Å². The first-order valence-corrected chi connectivity index (χ1v) is 26.6. The van der Waals surface area contributed by atoms with Gasteiger partial charge in [-0.05, 0) is 49.1 Å². The molecule has 0 saturated heterocycles. The number of rotatable bonds is 22. The second-order valence-corrected chi connectivity index (χ2v) is 19.6. The van der Waals surface area contributed by atoms with Crippen LogP contribution in [0.4, 0.5) is 4.39 Å². The molecule has 2 aromatic heterocycles. The molecule has 1 aliphatic carbocycles. The van der Waals surface area contributed by atoms with E-state index in [0.29, 0.717) is 54.0 Å². The number of hydrogen-bond donors (Lipinski definition) is 6.